The first-order chi connectivity index (χ1) is 9.92. The first kappa shape index (κ1) is 16.2. The Morgan fingerprint density at radius 1 is 1.10 bits per heavy atom. The van der Waals surface area contributed by atoms with Crippen molar-refractivity contribution < 1.29 is 24.9 Å². The van der Waals surface area contributed by atoms with Crippen molar-refractivity contribution in [2.75, 3.05) is 0 Å². The number of rotatable bonds is 3. The van der Waals surface area contributed by atoms with Crippen molar-refractivity contribution in [1.82, 2.24) is 0 Å². The number of carboxylic acids is 1. The van der Waals surface area contributed by atoms with Gasteiger partial charge in [0.05, 0.1) is 6.42 Å². The molecule has 0 heterocycles. The van der Waals surface area contributed by atoms with Crippen LogP contribution in [0.5, 0.6) is 11.5 Å². The van der Waals surface area contributed by atoms with Crippen LogP contribution in [0.2, 0.25) is 0 Å². The topological polar surface area (TPSA) is 94.8 Å². The SMILES string of the molecule is Cc1cccc(CC(=O)O)c1.O=Cc1ccc(O)c(O)c1. The summed E-state index contributed by atoms with van der Waals surface area (Å²) >= 11 is 0. The van der Waals surface area contributed by atoms with Crippen LogP contribution in [0.3, 0.4) is 0 Å². The molecule has 0 aliphatic rings. The molecule has 0 amide bonds. The molecular formula is C16H16O5. The van der Waals surface area contributed by atoms with Gasteiger partial charge in [-0.05, 0) is 30.7 Å². The summed E-state index contributed by atoms with van der Waals surface area (Å²) in [7, 11) is 0. The van der Waals surface area contributed by atoms with E-state index >= 15 is 0 Å². The van der Waals surface area contributed by atoms with Gasteiger partial charge in [-0.1, -0.05) is 29.8 Å². The minimum Gasteiger partial charge on any atom is -0.504 e. The Balaban J connectivity index is 0.000000211. The number of aldehydes is 1. The lowest BCUT2D eigenvalue weighted by Gasteiger charge is -1.96. The highest BCUT2D eigenvalue weighted by Crippen LogP contribution is 2.23. The molecule has 0 unspecified atom stereocenters. The van der Waals surface area contributed by atoms with Crippen LogP contribution in [-0.4, -0.2) is 27.6 Å². The Labute approximate surface area is 122 Å². The molecule has 0 aliphatic carbocycles. The van der Waals surface area contributed by atoms with Gasteiger partial charge in [-0.25, -0.2) is 0 Å². The minimum absolute atomic E-state index is 0.113. The van der Waals surface area contributed by atoms with E-state index < -0.39 is 5.97 Å². The number of benzene rings is 2. The Bertz CT molecular complexity index is 634. The molecule has 0 bridgehead atoms. The van der Waals surface area contributed by atoms with E-state index in [1.54, 1.807) is 0 Å². The van der Waals surface area contributed by atoms with Gasteiger partial charge < -0.3 is 15.3 Å². The monoisotopic (exact) mass is 288 g/mol. The maximum absolute atomic E-state index is 10.3. The van der Waals surface area contributed by atoms with Crippen molar-refractivity contribution in [1.29, 1.82) is 0 Å². The number of carboxylic acid groups (broad SMARTS) is 1. The van der Waals surface area contributed by atoms with E-state index in [4.69, 9.17) is 15.3 Å². The van der Waals surface area contributed by atoms with Crippen molar-refractivity contribution in [3.63, 3.8) is 0 Å². The zero-order chi connectivity index (χ0) is 15.8. The number of phenols is 2. The highest BCUT2D eigenvalue weighted by Gasteiger charge is 1.99. The van der Waals surface area contributed by atoms with E-state index in [0.29, 0.717) is 11.8 Å². The van der Waals surface area contributed by atoms with E-state index in [0.717, 1.165) is 11.1 Å². The second-order valence-corrected chi connectivity index (χ2v) is 4.43. The van der Waals surface area contributed by atoms with Crippen LogP contribution >= 0.6 is 0 Å². The third-order valence-corrected chi connectivity index (χ3v) is 2.57. The van der Waals surface area contributed by atoms with Crippen LogP contribution in [0.25, 0.3) is 0 Å². The van der Waals surface area contributed by atoms with Crippen LogP contribution in [0, 0.1) is 6.92 Å². The number of aryl methyl sites for hydroxylation is 1. The molecule has 3 N–H and O–H groups in total. The zero-order valence-corrected chi connectivity index (χ0v) is 11.5. The first-order valence-electron chi connectivity index (χ1n) is 6.17. The summed E-state index contributed by atoms with van der Waals surface area (Å²) in [6.07, 6.45) is 0.709. The Hall–Kier alpha value is -2.82. The van der Waals surface area contributed by atoms with Gasteiger partial charge in [-0.3, -0.25) is 9.59 Å². The van der Waals surface area contributed by atoms with Crippen molar-refractivity contribution >= 4 is 12.3 Å². The molecule has 2 aromatic rings. The molecule has 0 aliphatic heterocycles. The standard InChI is InChI=1S/C9H10O2.C7H6O3/c1-7-3-2-4-8(5-7)6-9(10)11;8-4-5-1-2-6(9)7(10)3-5/h2-5H,6H2,1H3,(H,10,11);1-4,9-10H. The Morgan fingerprint density at radius 3 is 2.33 bits per heavy atom. The maximum Gasteiger partial charge on any atom is 0.307 e. The van der Waals surface area contributed by atoms with Gasteiger partial charge in [-0.15, -0.1) is 0 Å². The van der Waals surface area contributed by atoms with Crippen molar-refractivity contribution in [3.05, 3.63) is 59.2 Å². The molecule has 5 nitrogen and oxygen atoms in total. The summed E-state index contributed by atoms with van der Waals surface area (Å²) in [5.41, 5.74) is 2.30. The molecular weight excluding hydrogens is 272 g/mol. The summed E-state index contributed by atoms with van der Waals surface area (Å²) in [5.74, 6) is -1.27. The van der Waals surface area contributed by atoms with E-state index in [2.05, 4.69) is 0 Å². The van der Waals surface area contributed by atoms with E-state index in [1.165, 1.54) is 18.2 Å². The first-order valence-corrected chi connectivity index (χ1v) is 6.17. The minimum atomic E-state index is -0.782. The molecule has 21 heavy (non-hydrogen) atoms. The number of hydrogen-bond donors (Lipinski definition) is 3. The van der Waals surface area contributed by atoms with Gasteiger partial charge in [0.1, 0.15) is 6.29 Å². The normalized spacial score (nSPS) is 9.38. The Kier molecular flexibility index (Phi) is 5.95. The van der Waals surface area contributed by atoms with Gasteiger partial charge >= 0.3 is 5.97 Å². The molecule has 0 aromatic heterocycles. The molecule has 0 saturated carbocycles. The summed E-state index contributed by atoms with van der Waals surface area (Å²) in [6, 6.07) is 11.4. The van der Waals surface area contributed by atoms with Crippen LogP contribution in [-0.2, 0) is 11.2 Å². The quantitative estimate of drug-likeness (QED) is 0.596. The van der Waals surface area contributed by atoms with Gasteiger partial charge in [-0.2, -0.15) is 0 Å². The average molecular weight is 288 g/mol. The second-order valence-electron chi connectivity index (χ2n) is 4.43. The van der Waals surface area contributed by atoms with Gasteiger partial charge in [0.15, 0.2) is 11.5 Å². The number of carbonyl (C=O) groups excluding carboxylic acids is 1. The zero-order valence-electron chi connectivity index (χ0n) is 11.5. The molecule has 0 saturated heterocycles. The molecule has 0 spiro atoms. The summed E-state index contributed by atoms with van der Waals surface area (Å²) in [6.45, 7) is 1.95. The third kappa shape index (κ3) is 5.78. The molecule has 2 aromatic carbocycles. The van der Waals surface area contributed by atoms with Crippen molar-refractivity contribution in [2.24, 2.45) is 0 Å². The van der Waals surface area contributed by atoms with Gasteiger partial charge in [0.2, 0.25) is 0 Å². The number of carbonyl (C=O) groups is 2. The number of aromatic hydroxyl groups is 2. The highest BCUT2D eigenvalue weighted by atomic mass is 16.4. The fraction of sp³-hybridized carbons (Fsp3) is 0.125. The lowest BCUT2D eigenvalue weighted by atomic mass is 10.1. The van der Waals surface area contributed by atoms with E-state index in [-0.39, 0.29) is 17.9 Å². The molecule has 5 heteroatoms. The predicted octanol–water partition coefficient (Wildman–Crippen LogP) is 2.53. The smallest absolute Gasteiger partial charge is 0.307 e. The number of hydrogen-bond acceptors (Lipinski definition) is 4. The molecule has 0 atom stereocenters. The molecule has 2 rings (SSSR count). The average Bonchev–Trinajstić information content (AvgIpc) is 2.42. The molecule has 0 fully saturated rings. The van der Waals surface area contributed by atoms with Gasteiger partial charge in [0, 0.05) is 5.56 Å². The van der Waals surface area contributed by atoms with Crippen molar-refractivity contribution in [2.45, 2.75) is 13.3 Å². The van der Waals surface area contributed by atoms with Crippen molar-refractivity contribution in [3.8, 4) is 11.5 Å². The number of aliphatic carboxylic acids is 1. The summed E-state index contributed by atoms with van der Waals surface area (Å²) in [4.78, 5) is 20.4. The lowest BCUT2D eigenvalue weighted by Crippen LogP contribution is -1.99. The highest BCUT2D eigenvalue weighted by molar-refractivity contribution is 5.76. The fourth-order valence-corrected chi connectivity index (χ4v) is 1.61. The number of phenolic OH excluding ortho intramolecular Hbond substituents is 2. The third-order valence-electron chi connectivity index (χ3n) is 2.57. The summed E-state index contributed by atoms with van der Waals surface area (Å²) in [5, 5.41) is 26.1. The predicted molar refractivity (Wildman–Crippen MR) is 77.7 cm³/mol. The molecule has 0 radical (unpaired) electrons. The maximum atomic E-state index is 10.3. The fourth-order valence-electron chi connectivity index (χ4n) is 1.61. The molecule has 110 valence electrons. The second kappa shape index (κ2) is 7.69. The largest absolute Gasteiger partial charge is 0.504 e. The van der Waals surface area contributed by atoms with Crippen LogP contribution in [0.4, 0.5) is 0 Å². The van der Waals surface area contributed by atoms with Crippen LogP contribution < -0.4 is 0 Å². The van der Waals surface area contributed by atoms with Gasteiger partial charge in [0.25, 0.3) is 0 Å². The van der Waals surface area contributed by atoms with Crippen LogP contribution in [0.1, 0.15) is 21.5 Å². The summed E-state index contributed by atoms with van der Waals surface area (Å²) < 4.78 is 0. The van der Waals surface area contributed by atoms with Crippen LogP contribution in [0.15, 0.2) is 42.5 Å². The van der Waals surface area contributed by atoms with E-state index in [1.807, 2.05) is 31.2 Å². The lowest BCUT2D eigenvalue weighted by molar-refractivity contribution is -0.136. The Morgan fingerprint density at radius 2 is 1.81 bits per heavy atom. The van der Waals surface area contributed by atoms with E-state index in [9.17, 15) is 9.59 Å².